The Balaban J connectivity index is 2.31. The number of rotatable bonds is 3. The Morgan fingerprint density at radius 3 is 2.68 bits per heavy atom. The molecule has 1 aliphatic rings. The zero-order chi connectivity index (χ0) is 14.2. The summed E-state index contributed by atoms with van der Waals surface area (Å²) in [7, 11) is -3.52. The van der Waals surface area contributed by atoms with Crippen molar-refractivity contribution < 1.29 is 12.9 Å². The first-order chi connectivity index (χ1) is 8.87. The predicted octanol–water partition coefficient (Wildman–Crippen LogP) is 1.04. The Hall–Kier alpha value is -0.920. The number of hydrogen-bond donors (Lipinski definition) is 1. The van der Waals surface area contributed by atoms with Gasteiger partial charge in [-0.15, -0.1) is 0 Å². The highest BCUT2D eigenvalue weighted by Gasteiger charge is 2.36. The van der Waals surface area contributed by atoms with E-state index >= 15 is 0 Å². The van der Waals surface area contributed by atoms with Crippen LogP contribution >= 0.6 is 0 Å². The van der Waals surface area contributed by atoms with Crippen LogP contribution in [0.4, 0.5) is 0 Å². The molecular formula is C12H21N3O3S. The predicted molar refractivity (Wildman–Crippen MR) is 71.1 cm³/mol. The van der Waals surface area contributed by atoms with Crippen LogP contribution in [0.2, 0.25) is 0 Å². The van der Waals surface area contributed by atoms with Crippen LogP contribution in [0.5, 0.6) is 0 Å². The van der Waals surface area contributed by atoms with Gasteiger partial charge in [-0.2, -0.15) is 4.31 Å². The van der Waals surface area contributed by atoms with Crippen LogP contribution in [0.25, 0.3) is 0 Å². The third kappa shape index (κ3) is 2.54. The summed E-state index contributed by atoms with van der Waals surface area (Å²) >= 11 is 0. The summed E-state index contributed by atoms with van der Waals surface area (Å²) in [5.74, 6) is 0.560. The van der Waals surface area contributed by atoms with Crippen LogP contribution in [0.3, 0.4) is 0 Å². The van der Waals surface area contributed by atoms with Gasteiger partial charge >= 0.3 is 0 Å². The lowest BCUT2D eigenvalue weighted by molar-refractivity contribution is 0.230. The van der Waals surface area contributed by atoms with Gasteiger partial charge < -0.3 is 10.3 Å². The Morgan fingerprint density at radius 1 is 1.47 bits per heavy atom. The largest absolute Gasteiger partial charge is 0.360 e. The Morgan fingerprint density at radius 2 is 2.16 bits per heavy atom. The van der Waals surface area contributed by atoms with E-state index in [9.17, 15) is 8.42 Å². The molecule has 2 atom stereocenters. The first kappa shape index (κ1) is 14.5. The van der Waals surface area contributed by atoms with Gasteiger partial charge in [0, 0.05) is 19.1 Å². The van der Waals surface area contributed by atoms with Crippen molar-refractivity contribution in [1.29, 1.82) is 0 Å². The molecule has 1 aliphatic heterocycles. The van der Waals surface area contributed by atoms with E-state index in [0.29, 0.717) is 31.0 Å². The number of hydrogen-bond acceptors (Lipinski definition) is 5. The zero-order valence-corrected chi connectivity index (χ0v) is 12.4. The second-order valence-electron chi connectivity index (χ2n) is 5.14. The minimum atomic E-state index is -3.52. The Bertz CT molecular complexity index is 533. The molecule has 108 valence electrons. The number of sulfonamides is 1. The molecule has 0 spiro atoms. The SMILES string of the molecule is CCC1CN(S(=O)(=O)c2c(C)noc2C)CCC1N. The first-order valence-corrected chi connectivity index (χ1v) is 8.00. The molecule has 0 aromatic carbocycles. The van der Waals surface area contributed by atoms with Gasteiger partial charge in [0.1, 0.15) is 10.6 Å². The van der Waals surface area contributed by atoms with Crippen molar-refractivity contribution in [3.8, 4) is 0 Å². The van der Waals surface area contributed by atoms with E-state index in [1.165, 1.54) is 4.31 Å². The molecule has 1 saturated heterocycles. The Kier molecular flexibility index (Phi) is 3.98. The maximum absolute atomic E-state index is 12.6. The van der Waals surface area contributed by atoms with Crippen molar-refractivity contribution in [1.82, 2.24) is 9.46 Å². The highest BCUT2D eigenvalue weighted by Crippen LogP contribution is 2.28. The summed E-state index contributed by atoms with van der Waals surface area (Å²) < 4.78 is 31.8. The summed E-state index contributed by atoms with van der Waals surface area (Å²) in [6, 6.07) is 0.0844. The second kappa shape index (κ2) is 5.22. The molecule has 6 nitrogen and oxygen atoms in total. The molecule has 19 heavy (non-hydrogen) atoms. The van der Waals surface area contributed by atoms with Gasteiger partial charge in [-0.25, -0.2) is 8.42 Å². The summed E-state index contributed by atoms with van der Waals surface area (Å²) in [6.07, 6.45) is 1.58. The van der Waals surface area contributed by atoms with Gasteiger partial charge in [0.15, 0.2) is 5.76 Å². The molecule has 0 saturated carbocycles. The average molecular weight is 287 g/mol. The lowest BCUT2D eigenvalue weighted by atomic mass is 9.92. The number of aryl methyl sites for hydroxylation is 2. The molecule has 2 heterocycles. The van der Waals surface area contributed by atoms with E-state index in [4.69, 9.17) is 10.3 Å². The van der Waals surface area contributed by atoms with Gasteiger partial charge in [-0.05, 0) is 26.2 Å². The van der Waals surface area contributed by atoms with E-state index in [1.807, 2.05) is 6.92 Å². The monoisotopic (exact) mass is 287 g/mol. The number of piperidine rings is 1. The Labute approximate surface area is 114 Å². The lowest BCUT2D eigenvalue weighted by Gasteiger charge is -2.35. The zero-order valence-electron chi connectivity index (χ0n) is 11.6. The van der Waals surface area contributed by atoms with E-state index in [-0.39, 0.29) is 16.9 Å². The van der Waals surface area contributed by atoms with Gasteiger partial charge in [0.2, 0.25) is 10.0 Å². The molecule has 0 bridgehead atoms. The standard InChI is InChI=1S/C12H21N3O3S/c1-4-10-7-15(6-5-11(10)13)19(16,17)12-8(2)14-18-9(12)3/h10-11H,4-7,13H2,1-3H3. The average Bonchev–Trinajstić information content (AvgIpc) is 2.69. The third-order valence-electron chi connectivity index (χ3n) is 3.85. The quantitative estimate of drug-likeness (QED) is 0.897. The molecular weight excluding hydrogens is 266 g/mol. The molecule has 1 aromatic rings. The maximum atomic E-state index is 12.6. The number of nitrogens with zero attached hydrogens (tertiary/aromatic N) is 2. The minimum Gasteiger partial charge on any atom is -0.360 e. The molecule has 0 amide bonds. The lowest BCUT2D eigenvalue weighted by Crippen LogP contribution is -2.49. The van der Waals surface area contributed by atoms with Crippen LogP contribution in [0, 0.1) is 19.8 Å². The minimum absolute atomic E-state index is 0.0844. The topological polar surface area (TPSA) is 89.4 Å². The van der Waals surface area contributed by atoms with Gasteiger partial charge in [-0.1, -0.05) is 18.5 Å². The van der Waals surface area contributed by atoms with Gasteiger partial charge in [-0.3, -0.25) is 0 Å². The van der Waals surface area contributed by atoms with Gasteiger partial charge in [0.05, 0.1) is 0 Å². The molecule has 1 aromatic heterocycles. The van der Waals surface area contributed by atoms with Crippen molar-refractivity contribution >= 4 is 10.0 Å². The molecule has 2 N–H and O–H groups in total. The van der Waals surface area contributed by atoms with Crippen molar-refractivity contribution in [2.75, 3.05) is 13.1 Å². The molecule has 0 aliphatic carbocycles. The fourth-order valence-electron chi connectivity index (χ4n) is 2.64. The first-order valence-electron chi connectivity index (χ1n) is 6.56. The van der Waals surface area contributed by atoms with E-state index < -0.39 is 10.0 Å². The smallest absolute Gasteiger partial charge is 0.248 e. The molecule has 0 radical (unpaired) electrons. The van der Waals surface area contributed by atoms with Crippen LogP contribution in [-0.4, -0.2) is 37.0 Å². The molecule has 2 unspecified atom stereocenters. The van der Waals surface area contributed by atoms with E-state index in [0.717, 1.165) is 6.42 Å². The van der Waals surface area contributed by atoms with Crippen molar-refractivity contribution in [2.24, 2.45) is 11.7 Å². The molecule has 1 fully saturated rings. The van der Waals surface area contributed by atoms with E-state index in [1.54, 1.807) is 13.8 Å². The van der Waals surface area contributed by atoms with Crippen LogP contribution in [0.1, 0.15) is 31.2 Å². The summed E-state index contributed by atoms with van der Waals surface area (Å²) in [4.78, 5) is 0.206. The van der Waals surface area contributed by atoms with Crippen LogP contribution in [-0.2, 0) is 10.0 Å². The van der Waals surface area contributed by atoms with Gasteiger partial charge in [0.25, 0.3) is 0 Å². The number of aromatic nitrogens is 1. The highest BCUT2D eigenvalue weighted by atomic mass is 32.2. The maximum Gasteiger partial charge on any atom is 0.248 e. The number of nitrogens with two attached hydrogens (primary N) is 1. The summed E-state index contributed by atoms with van der Waals surface area (Å²) in [5, 5.41) is 3.73. The highest BCUT2D eigenvalue weighted by molar-refractivity contribution is 7.89. The summed E-state index contributed by atoms with van der Waals surface area (Å²) in [6.45, 7) is 6.25. The van der Waals surface area contributed by atoms with Crippen molar-refractivity contribution in [3.05, 3.63) is 11.5 Å². The van der Waals surface area contributed by atoms with Crippen molar-refractivity contribution in [3.63, 3.8) is 0 Å². The van der Waals surface area contributed by atoms with Crippen LogP contribution in [0.15, 0.2) is 9.42 Å². The third-order valence-corrected chi connectivity index (χ3v) is 5.96. The van der Waals surface area contributed by atoms with Crippen LogP contribution < -0.4 is 5.73 Å². The summed E-state index contributed by atoms with van der Waals surface area (Å²) in [5.41, 5.74) is 6.44. The van der Waals surface area contributed by atoms with Crippen molar-refractivity contribution in [2.45, 2.75) is 44.6 Å². The van der Waals surface area contributed by atoms with E-state index in [2.05, 4.69) is 5.16 Å². The fourth-order valence-corrected chi connectivity index (χ4v) is 4.44. The molecule has 2 rings (SSSR count). The molecule has 7 heteroatoms. The normalized spacial score (nSPS) is 25.7. The fraction of sp³-hybridized carbons (Fsp3) is 0.750. The second-order valence-corrected chi connectivity index (χ2v) is 7.01.